The summed E-state index contributed by atoms with van der Waals surface area (Å²) in [7, 11) is 1.95. The van der Waals surface area contributed by atoms with Crippen LogP contribution < -0.4 is 10.2 Å². The summed E-state index contributed by atoms with van der Waals surface area (Å²) in [4.78, 5) is 7.06. The fourth-order valence-electron chi connectivity index (χ4n) is 2.18. The van der Waals surface area contributed by atoms with Crippen molar-refractivity contribution in [2.24, 2.45) is 0 Å². The molecule has 2 rings (SSSR count). The topological polar surface area (TPSA) is 28.2 Å². The van der Waals surface area contributed by atoms with Gasteiger partial charge in [-0.1, -0.05) is 6.07 Å². The Morgan fingerprint density at radius 3 is 3.07 bits per heavy atom. The van der Waals surface area contributed by atoms with Gasteiger partial charge in [-0.2, -0.15) is 0 Å². The summed E-state index contributed by atoms with van der Waals surface area (Å²) in [5.41, 5.74) is 1.12. The number of anilines is 1. The molecule has 0 bridgehead atoms. The number of rotatable bonds is 3. The fraction of sp³-hybridized carbons (Fsp3) is 0.583. The summed E-state index contributed by atoms with van der Waals surface area (Å²) >= 11 is 0. The molecule has 0 radical (unpaired) electrons. The molecule has 0 saturated carbocycles. The minimum Gasteiger partial charge on any atom is -0.354 e. The molecule has 1 N–H and O–H groups in total. The highest BCUT2D eigenvalue weighted by Crippen LogP contribution is 2.23. The lowest BCUT2D eigenvalue weighted by Gasteiger charge is -2.22. The molecule has 1 aromatic heterocycles. The van der Waals surface area contributed by atoms with Gasteiger partial charge in [-0.25, -0.2) is 4.98 Å². The van der Waals surface area contributed by atoms with Crippen molar-refractivity contribution in [1.29, 1.82) is 0 Å². The summed E-state index contributed by atoms with van der Waals surface area (Å²) < 4.78 is 0. The number of hydrogen-bond acceptors (Lipinski definition) is 3. The number of pyridine rings is 1. The second-order valence-corrected chi connectivity index (χ2v) is 4.20. The SMILES string of the molecule is CNCc1cccc(N2CCCC2C)n1. The Bertz CT molecular complexity index is 324. The van der Waals surface area contributed by atoms with Gasteiger partial charge in [0.25, 0.3) is 0 Å². The molecule has 1 fully saturated rings. The normalized spacial score (nSPS) is 20.9. The van der Waals surface area contributed by atoms with E-state index in [9.17, 15) is 0 Å². The van der Waals surface area contributed by atoms with Crippen molar-refractivity contribution in [2.45, 2.75) is 32.4 Å². The summed E-state index contributed by atoms with van der Waals surface area (Å²) in [6.45, 7) is 4.27. The number of aromatic nitrogens is 1. The van der Waals surface area contributed by atoms with Crippen LogP contribution in [0.2, 0.25) is 0 Å². The molecule has 1 atom stereocenters. The van der Waals surface area contributed by atoms with Gasteiger partial charge in [0.05, 0.1) is 5.69 Å². The highest BCUT2D eigenvalue weighted by atomic mass is 15.2. The zero-order chi connectivity index (χ0) is 10.7. The van der Waals surface area contributed by atoms with Crippen LogP contribution in [0.25, 0.3) is 0 Å². The maximum absolute atomic E-state index is 4.66. The summed E-state index contributed by atoms with van der Waals surface area (Å²) in [6, 6.07) is 6.92. The molecule has 2 heterocycles. The van der Waals surface area contributed by atoms with Crippen molar-refractivity contribution in [1.82, 2.24) is 10.3 Å². The third kappa shape index (κ3) is 2.29. The molecule has 0 spiro atoms. The lowest BCUT2D eigenvalue weighted by Crippen LogP contribution is -2.27. The predicted octanol–water partition coefficient (Wildman–Crippen LogP) is 1.79. The van der Waals surface area contributed by atoms with Crippen LogP contribution in [0.5, 0.6) is 0 Å². The summed E-state index contributed by atoms with van der Waals surface area (Å²) in [5.74, 6) is 1.13. The number of nitrogens with zero attached hydrogens (tertiary/aromatic N) is 2. The molecule has 1 unspecified atom stereocenters. The van der Waals surface area contributed by atoms with E-state index in [0.29, 0.717) is 6.04 Å². The number of hydrogen-bond donors (Lipinski definition) is 1. The van der Waals surface area contributed by atoms with Crippen LogP contribution in [0.1, 0.15) is 25.5 Å². The van der Waals surface area contributed by atoms with Crippen LogP contribution in [-0.4, -0.2) is 24.6 Å². The van der Waals surface area contributed by atoms with E-state index in [2.05, 4.69) is 40.3 Å². The van der Waals surface area contributed by atoms with Gasteiger partial charge in [0.15, 0.2) is 0 Å². The molecular formula is C12H19N3. The Balaban J connectivity index is 2.16. The van der Waals surface area contributed by atoms with Gasteiger partial charge in [-0.05, 0) is 38.9 Å². The Kier molecular flexibility index (Phi) is 3.21. The van der Waals surface area contributed by atoms with E-state index < -0.39 is 0 Å². The molecule has 0 aliphatic carbocycles. The van der Waals surface area contributed by atoms with Crippen molar-refractivity contribution in [3.05, 3.63) is 23.9 Å². The van der Waals surface area contributed by atoms with Crippen LogP contribution in [-0.2, 0) is 6.54 Å². The first kappa shape index (κ1) is 10.4. The van der Waals surface area contributed by atoms with Gasteiger partial charge in [-0.15, -0.1) is 0 Å². The van der Waals surface area contributed by atoms with E-state index in [1.54, 1.807) is 0 Å². The van der Waals surface area contributed by atoms with Crippen molar-refractivity contribution in [3.8, 4) is 0 Å². The van der Waals surface area contributed by atoms with E-state index in [1.165, 1.54) is 12.8 Å². The largest absolute Gasteiger partial charge is 0.354 e. The van der Waals surface area contributed by atoms with E-state index in [-0.39, 0.29) is 0 Å². The van der Waals surface area contributed by atoms with Crippen LogP contribution in [0.15, 0.2) is 18.2 Å². The molecule has 82 valence electrons. The molecule has 0 amide bonds. The zero-order valence-electron chi connectivity index (χ0n) is 9.53. The fourth-order valence-corrected chi connectivity index (χ4v) is 2.18. The maximum Gasteiger partial charge on any atom is 0.129 e. The highest BCUT2D eigenvalue weighted by molar-refractivity contribution is 5.41. The molecule has 0 aromatic carbocycles. The Hall–Kier alpha value is -1.09. The van der Waals surface area contributed by atoms with Crippen LogP contribution in [0, 0.1) is 0 Å². The molecule has 1 aliphatic heterocycles. The van der Waals surface area contributed by atoms with Gasteiger partial charge in [-0.3, -0.25) is 0 Å². The highest BCUT2D eigenvalue weighted by Gasteiger charge is 2.21. The predicted molar refractivity (Wildman–Crippen MR) is 63.0 cm³/mol. The molecule has 3 nitrogen and oxygen atoms in total. The molecule has 3 heteroatoms. The average molecular weight is 205 g/mol. The van der Waals surface area contributed by atoms with Crippen molar-refractivity contribution < 1.29 is 0 Å². The zero-order valence-corrected chi connectivity index (χ0v) is 9.53. The van der Waals surface area contributed by atoms with E-state index in [0.717, 1.165) is 24.6 Å². The lowest BCUT2D eigenvalue weighted by molar-refractivity contribution is 0.720. The average Bonchev–Trinajstić information content (AvgIpc) is 2.65. The second-order valence-electron chi connectivity index (χ2n) is 4.20. The van der Waals surface area contributed by atoms with E-state index >= 15 is 0 Å². The Morgan fingerprint density at radius 1 is 1.53 bits per heavy atom. The van der Waals surface area contributed by atoms with Crippen molar-refractivity contribution >= 4 is 5.82 Å². The molecule has 15 heavy (non-hydrogen) atoms. The quantitative estimate of drug-likeness (QED) is 0.815. The van der Waals surface area contributed by atoms with Crippen molar-refractivity contribution in [2.75, 3.05) is 18.5 Å². The van der Waals surface area contributed by atoms with Gasteiger partial charge < -0.3 is 10.2 Å². The first-order valence-corrected chi connectivity index (χ1v) is 5.68. The third-order valence-electron chi connectivity index (χ3n) is 3.00. The lowest BCUT2D eigenvalue weighted by atomic mass is 10.2. The smallest absolute Gasteiger partial charge is 0.129 e. The monoisotopic (exact) mass is 205 g/mol. The van der Waals surface area contributed by atoms with Crippen LogP contribution in [0.3, 0.4) is 0 Å². The first-order valence-electron chi connectivity index (χ1n) is 5.68. The Morgan fingerprint density at radius 2 is 2.40 bits per heavy atom. The summed E-state index contributed by atoms with van der Waals surface area (Å²) in [5, 5.41) is 3.13. The minimum absolute atomic E-state index is 0.641. The molecule has 1 aromatic rings. The maximum atomic E-state index is 4.66. The number of nitrogens with one attached hydrogen (secondary N) is 1. The van der Waals surface area contributed by atoms with Gasteiger partial charge in [0, 0.05) is 19.1 Å². The molecule has 1 aliphatic rings. The van der Waals surface area contributed by atoms with E-state index in [1.807, 2.05) is 7.05 Å². The first-order chi connectivity index (χ1) is 7.31. The summed E-state index contributed by atoms with van der Waals surface area (Å²) in [6.07, 6.45) is 2.58. The third-order valence-corrected chi connectivity index (χ3v) is 3.00. The van der Waals surface area contributed by atoms with Crippen LogP contribution in [0.4, 0.5) is 5.82 Å². The minimum atomic E-state index is 0.641. The van der Waals surface area contributed by atoms with Gasteiger partial charge in [0.1, 0.15) is 5.82 Å². The van der Waals surface area contributed by atoms with Crippen LogP contribution >= 0.6 is 0 Å². The van der Waals surface area contributed by atoms with Crippen molar-refractivity contribution in [3.63, 3.8) is 0 Å². The standard InChI is InChI=1S/C12H19N3/c1-10-5-4-8-15(10)12-7-3-6-11(14-12)9-13-2/h3,6-7,10,13H,4-5,8-9H2,1-2H3. The van der Waals surface area contributed by atoms with Gasteiger partial charge in [0.2, 0.25) is 0 Å². The Labute approximate surface area is 91.5 Å². The second kappa shape index (κ2) is 4.62. The van der Waals surface area contributed by atoms with Gasteiger partial charge >= 0.3 is 0 Å². The van der Waals surface area contributed by atoms with E-state index in [4.69, 9.17) is 0 Å². The molecule has 1 saturated heterocycles. The molecular weight excluding hydrogens is 186 g/mol.